The summed E-state index contributed by atoms with van der Waals surface area (Å²) in [7, 11) is 0. The van der Waals surface area contributed by atoms with E-state index in [1.807, 2.05) is 6.07 Å². The Kier molecular flexibility index (Phi) is 5.74. The second kappa shape index (κ2) is 6.84. The van der Waals surface area contributed by atoms with Crippen LogP contribution in [0.2, 0.25) is 5.02 Å². The molecule has 0 heterocycles. The van der Waals surface area contributed by atoms with E-state index in [9.17, 15) is 4.39 Å². The van der Waals surface area contributed by atoms with Crippen LogP contribution in [0.5, 0.6) is 0 Å². The molecule has 16 heavy (non-hydrogen) atoms. The Balaban J connectivity index is 2.24. The van der Waals surface area contributed by atoms with Crippen LogP contribution in [0.4, 0.5) is 4.39 Å². The molecule has 0 radical (unpaired) electrons. The van der Waals surface area contributed by atoms with Gasteiger partial charge >= 0.3 is 0 Å². The van der Waals surface area contributed by atoms with Crippen molar-refractivity contribution in [1.82, 2.24) is 10.6 Å². The maximum absolute atomic E-state index is 13.1. The van der Waals surface area contributed by atoms with Crippen molar-refractivity contribution in [2.75, 3.05) is 13.1 Å². The summed E-state index contributed by atoms with van der Waals surface area (Å²) in [5, 5.41) is 6.70. The largest absolute Gasteiger partial charge is 0.313 e. The topological polar surface area (TPSA) is 24.1 Å². The van der Waals surface area contributed by atoms with Crippen LogP contribution in [-0.2, 0) is 6.54 Å². The molecule has 90 valence electrons. The van der Waals surface area contributed by atoms with Crippen LogP contribution in [0.25, 0.3) is 0 Å². The molecule has 0 unspecified atom stereocenters. The van der Waals surface area contributed by atoms with E-state index >= 15 is 0 Å². The average molecular weight is 245 g/mol. The number of hydrogen-bond donors (Lipinski definition) is 2. The van der Waals surface area contributed by atoms with Gasteiger partial charge in [0.05, 0.1) is 5.02 Å². The summed E-state index contributed by atoms with van der Waals surface area (Å²) in [4.78, 5) is 0. The van der Waals surface area contributed by atoms with E-state index in [4.69, 9.17) is 11.6 Å². The molecule has 2 N–H and O–H groups in total. The van der Waals surface area contributed by atoms with Gasteiger partial charge in [-0.25, -0.2) is 4.39 Å². The molecular weight excluding hydrogens is 227 g/mol. The molecule has 1 aromatic rings. The van der Waals surface area contributed by atoms with Crippen LogP contribution < -0.4 is 10.6 Å². The number of hydrogen-bond acceptors (Lipinski definition) is 2. The number of benzene rings is 1. The van der Waals surface area contributed by atoms with Gasteiger partial charge in [0.1, 0.15) is 5.82 Å². The van der Waals surface area contributed by atoms with Crippen LogP contribution in [0, 0.1) is 5.82 Å². The van der Waals surface area contributed by atoms with E-state index in [0.717, 1.165) is 18.7 Å². The Morgan fingerprint density at radius 1 is 1.31 bits per heavy atom. The van der Waals surface area contributed by atoms with Crippen molar-refractivity contribution in [2.45, 2.75) is 26.4 Å². The van der Waals surface area contributed by atoms with Crippen LogP contribution >= 0.6 is 11.6 Å². The summed E-state index contributed by atoms with van der Waals surface area (Å²) >= 11 is 5.59. The second-order valence-electron chi connectivity index (χ2n) is 4.03. The Labute approximate surface area is 101 Å². The van der Waals surface area contributed by atoms with Crippen molar-refractivity contribution in [2.24, 2.45) is 0 Å². The fourth-order valence-electron chi connectivity index (χ4n) is 1.33. The molecule has 0 aromatic heterocycles. The quantitative estimate of drug-likeness (QED) is 0.752. The van der Waals surface area contributed by atoms with Gasteiger partial charge in [0, 0.05) is 25.7 Å². The van der Waals surface area contributed by atoms with E-state index in [1.165, 1.54) is 6.07 Å². The van der Waals surface area contributed by atoms with E-state index in [-0.39, 0.29) is 10.8 Å². The summed E-state index contributed by atoms with van der Waals surface area (Å²) in [6.45, 7) is 6.65. The van der Waals surface area contributed by atoms with Gasteiger partial charge in [-0.05, 0) is 17.7 Å². The van der Waals surface area contributed by atoms with Crippen molar-refractivity contribution in [3.8, 4) is 0 Å². The highest BCUT2D eigenvalue weighted by Gasteiger charge is 2.00. The predicted octanol–water partition coefficient (Wildman–Crippen LogP) is 2.57. The highest BCUT2D eigenvalue weighted by molar-refractivity contribution is 6.30. The first-order valence-corrected chi connectivity index (χ1v) is 5.85. The lowest BCUT2D eigenvalue weighted by Gasteiger charge is -2.09. The Hall–Kier alpha value is -0.640. The first kappa shape index (κ1) is 13.4. The van der Waals surface area contributed by atoms with Gasteiger partial charge in [0.2, 0.25) is 0 Å². The second-order valence-corrected chi connectivity index (χ2v) is 4.44. The van der Waals surface area contributed by atoms with Crippen molar-refractivity contribution >= 4 is 11.6 Å². The lowest BCUT2D eigenvalue weighted by Crippen LogP contribution is -2.31. The molecule has 1 aromatic carbocycles. The Bertz CT molecular complexity index is 329. The predicted molar refractivity (Wildman–Crippen MR) is 66.3 cm³/mol. The molecule has 0 atom stereocenters. The molecule has 0 aliphatic carbocycles. The van der Waals surface area contributed by atoms with Crippen LogP contribution in [0.1, 0.15) is 19.4 Å². The van der Waals surface area contributed by atoms with E-state index < -0.39 is 0 Å². The SMILES string of the molecule is CC(C)NCCNCc1ccc(Cl)c(F)c1. The molecule has 0 aliphatic rings. The molecule has 2 nitrogen and oxygen atoms in total. The molecule has 4 heteroatoms. The average Bonchev–Trinajstić information content (AvgIpc) is 2.22. The molecule has 1 rings (SSSR count). The number of nitrogens with one attached hydrogen (secondary N) is 2. The van der Waals surface area contributed by atoms with Crippen LogP contribution in [0.15, 0.2) is 18.2 Å². The van der Waals surface area contributed by atoms with Gasteiger partial charge in [-0.3, -0.25) is 0 Å². The zero-order valence-electron chi connectivity index (χ0n) is 9.69. The van der Waals surface area contributed by atoms with Gasteiger partial charge in [0.15, 0.2) is 0 Å². The van der Waals surface area contributed by atoms with Gasteiger partial charge in [-0.2, -0.15) is 0 Å². The van der Waals surface area contributed by atoms with Crippen molar-refractivity contribution in [3.63, 3.8) is 0 Å². The first-order chi connectivity index (χ1) is 7.59. The third-order valence-corrected chi connectivity index (χ3v) is 2.47. The third-order valence-electron chi connectivity index (χ3n) is 2.17. The monoisotopic (exact) mass is 244 g/mol. The van der Waals surface area contributed by atoms with Gasteiger partial charge in [-0.1, -0.05) is 31.5 Å². The van der Waals surface area contributed by atoms with Gasteiger partial charge in [-0.15, -0.1) is 0 Å². The highest BCUT2D eigenvalue weighted by Crippen LogP contribution is 2.15. The lowest BCUT2D eigenvalue weighted by molar-refractivity contribution is 0.554. The molecular formula is C12H18ClFN2. The molecule has 0 aliphatic heterocycles. The van der Waals surface area contributed by atoms with Crippen LogP contribution in [-0.4, -0.2) is 19.1 Å². The molecule has 0 amide bonds. The normalized spacial score (nSPS) is 11.1. The maximum Gasteiger partial charge on any atom is 0.142 e. The first-order valence-electron chi connectivity index (χ1n) is 5.47. The molecule has 0 spiro atoms. The fraction of sp³-hybridized carbons (Fsp3) is 0.500. The summed E-state index contributed by atoms with van der Waals surface area (Å²) in [5.41, 5.74) is 0.909. The number of rotatable bonds is 6. The van der Waals surface area contributed by atoms with Crippen molar-refractivity contribution < 1.29 is 4.39 Å². The fourth-order valence-corrected chi connectivity index (χ4v) is 1.45. The minimum absolute atomic E-state index is 0.172. The van der Waals surface area contributed by atoms with E-state index in [0.29, 0.717) is 12.6 Å². The standard InChI is InChI=1S/C12H18ClFN2/c1-9(2)16-6-5-15-8-10-3-4-11(13)12(14)7-10/h3-4,7,9,15-16H,5-6,8H2,1-2H3. The maximum atomic E-state index is 13.1. The summed E-state index contributed by atoms with van der Waals surface area (Å²) in [6.07, 6.45) is 0. The third kappa shape index (κ3) is 4.92. The molecule has 0 saturated heterocycles. The summed E-state index contributed by atoms with van der Waals surface area (Å²) < 4.78 is 13.1. The molecule has 0 bridgehead atoms. The molecule has 0 saturated carbocycles. The summed E-state index contributed by atoms with van der Waals surface area (Å²) in [6, 6.07) is 5.37. The summed E-state index contributed by atoms with van der Waals surface area (Å²) in [5.74, 6) is -0.360. The zero-order chi connectivity index (χ0) is 12.0. The highest BCUT2D eigenvalue weighted by atomic mass is 35.5. The zero-order valence-corrected chi connectivity index (χ0v) is 10.4. The Morgan fingerprint density at radius 3 is 2.69 bits per heavy atom. The number of halogens is 2. The van der Waals surface area contributed by atoms with Gasteiger partial charge < -0.3 is 10.6 Å². The Morgan fingerprint density at radius 2 is 2.06 bits per heavy atom. The smallest absolute Gasteiger partial charge is 0.142 e. The minimum Gasteiger partial charge on any atom is -0.313 e. The van der Waals surface area contributed by atoms with Crippen LogP contribution in [0.3, 0.4) is 0 Å². The van der Waals surface area contributed by atoms with Crippen molar-refractivity contribution in [1.29, 1.82) is 0 Å². The van der Waals surface area contributed by atoms with E-state index in [1.54, 1.807) is 6.07 Å². The lowest BCUT2D eigenvalue weighted by atomic mass is 10.2. The minimum atomic E-state index is -0.360. The molecule has 0 fully saturated rings. The van der Waals surface area contributed by atoms with Gasteiger partial charge in [0.25, 0.3) is 0 Å². The van der Waals surface area contributed by atoms with Crippen molar-refractivity contribution in [3.05, 3.63) is 34.6 Å². The van der Waals surface area contributed by atoms with E-state index in [2.05, 4.69) is 24.5 Å².